The number of ketones is 1. The van der Waals surface area contributed by atoms with E-state index in [1.807, 2.05) is 6.08 Å². The van der Waals surface area contributed by atoms with Gasteiger partial charge in [0.25, 0.3) is 0 Å². The lowest BCUT2D eigenvalue weighted by atomic mass is 9.62. The highest BCUT2D eigenvalue weighted by Gasteiger charge is 2.56. The number of hydrogen-bond donors (Lipinski definition) is 1. The van der Waals surface area contributed by atoms with Gasteiger partial charge in [0, 0.05) is 12.3 Å². The van der Waals surface area contributed by atoms with E-state index in [2.05, 4.69) is 33.8 Å². The Hall–Kier alpha value is -1.22. The fraction of sp³-hybridized carbons (Fsp3) is 0.760. The predicted octanol–water partition coefficient (Wildman–Crippen LogP) is 5.28. The van der Waals surface area contributed by atoms with Crippen molar-refractivity contribution in [3.63, 3.8) is 0 Å². The van der Waals surface area contributed by atoms with Crippen molar-refractivity contribution >= 4 is 12.1 Å². The normalized spacial score (nSPS) is 43.2. The second-order valence-corrected chi connectivity index (χ2v) is 10.6. The molecule has 0 aromatic heterocycles. The average molecular weight is 387 g/mol. The summed E-state index contributed by atoms with van der Waals surface area (Å²) < 4.78 is 0. The summed E-state index contributed by atoms with van der Waals surface area (Å²) in [6, 6.07) is 0. The molecule has 3 nitrogen and oxygen atoms in total. The second-order valence-electron chi connectivity index (χ2n) is 10.6. The Morgan fingerprint density at radius 2 is 2.04 bits per heavy atom. The number of rotatable bonds is 5. The molecule has 28 heavy (non-hydrogen) atoms. The molecule has 0 unspecified atom stereocenters. The molecule has 0 heterocycles. The van der Waals surface area contributed by atoms with E-state index in [9.17, 15) is 14.7 Å². The highest BCUT2D eigenvalue weighted by atomic mass is 16.3. The Morgan fingerprint density at radius 1 is 1.32 bits per heavy atom. The summed E-state index contributed by atoms with van der Waals surface area (Å²) in [4.78, 5) is 24.4. The van der Waals surface area contributed by atoms with Crippen molar-refractivity contribution in [2.45, 2.75) is 85.2 Å². The third-order valence-electron chi connectivity index (χ3n) is 8.24. The predicted molar refractivity (Wildman–Crippen MR) is 113 cm³/mol. The highest BCUT2D eigenvalue weighted by molar-refractivity contribution is 5.94. The van der Waals surface area contributed by atoms with Gasteiger partial charge in [-0.3, -0.25) is 9.59 Å². The Bertz CT molecular complexity index is 682. The van der Waals surface area contributed by atoms with Crippen molar-refractivity contribution in [2.75, 3.05) is 0 Å². The van der Waals surface area contributed by atoms with Crippen LogP contribution in [0.2, 0.25) is 0 Å². The highest BCUT2D eigenvalue weighted by Crippen LogP contribution is 2.59. The molecule has 0 saturated heterocycles. The van der Waals surface area contributed by atoms with Crippen LogP contribution in [-0.4, -0.2) is 22.8 Å². The van der Waals surface area contributed by atoms with Crippen LogP contribution in [0.25, 0.3) is 0 Å². The average Bonchev–Trinajstić information content (AvgIpc) is 3.01. The molecule has 0 aromatic rings. The zero-order valence-corrected chi connectivity index (χ0v) is 18.3. The van der Waals surface area contributed by atoms with Crippen LogP contribution in [0, 0.1) is 35.0 Å². The smallest absolute Gasteiger partial charge is 0.146 e. The molecule has 0 radical (unpaired) electrons. The molecule has 156 valence electrons. The minimum absolute atomic E-state index is 0.0417. The first kappa shape index (κ1) is 21.5. The van der Waals surface area contributed by atoms with Gasteiger partial charge in [-0.15, -0.1) is 0 Å². The van der Waals surface area contributed by atoms with E-state index >= 15 is 0 Å². The van der Waals surface area contributed by atoms with Crippen molar-refractivity contribution in [3.05, 3.63) is 23.3 Å². The number of hydrogen-bond acceptors (Lipinski definition) is 3. The molecule has 3 heteroatoms. The Labute approximate surface area is 170 Å². The van der Waals surface area contributed by atoms with E-state index < -0.39 is 11.5 Å². The molecular weight excluding hydrogens is 348 g/mol. The van der Waals surface area contributed by atoms with Crippen LogP contribution in [0.3, 0.4) is 0 Å². The lowest BCUT2D eigenvalue weighted by Crippen LogP contribution is -2.40. The summed E-state index contributed by atoms with van der Waals surface area (Å²) in [5.74, 6) is 1.33. The first-order chi connectivity index (χ1) is 13.1. The van der Waals surface area contributed by atoms with Crippen LogP contribution in [0.15, 0.2) is 23.3 Å². The van der Waals surface area contributed by atoms with Crippen molar-refractivity contribution in [2.24, 2.45) is 35.0 Å². The molecule has 3 aliphatic rings. The third kappa shape index (κ3) is 3.92. The standard InChI is InChI=1S/C25H38O3/c1-16(2)7-6-8-17(3)19-11-12-24(4)13-21-23(22(27)14-25(21,5)28)18(15-26)9-10-20(19)24/h7,9,15,17,19-21,23,28H,6,8,10-14H2,1-5H3/b18-9-/t17-,19+,20-,21-,23-,24+,25+/m0/s1. The maximum Gasteiger partial charge on any atom is 0.146 e. The van der Waals surface area contributed by atoms with Crippen LogP contribution in [0.4, 0.5) is 0 Å². The number of aliphatic hydroxyl groups is 1. The number of fused-ring (bicyclic) bond motifs is 2. The summed E-state index contributed by atoms with van der Waals surface area (Å²) in [7, 11) is 0. The lowest BCUT2D eigenvalue weighted by molar-refractivity contribution is -0.121. The van der Waals surface area contributed by atoms with Gasteiger partial charge < -0.3 is 5.11 Å². The van der Waals surface area contributed by atoms with Crippen molar-refractivity contribution in [3.8, 4) is 0 Å². The Morgan fingerprint density at radius 3 is 2.68 bits per heavy atom. The van der Waals surface area contributed by atoms with E-state index in [1.54, 1.807) is 6.92 Å². The van der Waals surface area contributed by atoms with Crippen molar-refractivity contribution in [1.82, 2.24) is 0 Å². The van der Waals surface area contributed by atoms with E-state index in [1.165, 1.54) is 18.4 Å². The van der Waals surface area contributed by atoms with Gasteiger partial charge in [-0.25, -0.2) is 0 Å². The first-order valence-electron chi connectivity index (χ1n) is 11.1. The Kier molecular flexibility index (Phi) is 6.06. The minimum Gasteiger partial charge on any atom is -0.389 e. The van der Waals surface area contributed by atoms with Gasteiger partial charge in [-0.2, -0.15) is 0 Å². The van der Waals surface area contributed by atoms with Gasteiger partial charge in [0.1, 0.15) is 12.1 Å². The topological polar surface area (TPSA) is 54.4 Å². The molecule has 3 rings (SSSR count). The molecule has 0 aliphatic heterocycles. The van der Waals surface area contributed by atoms with Crippen molar-refractivity contribution in [1.29, 1.82) is 0 Å². The van der Waals surface area contributed by atoms with E-state index in [4.69, 9.17) is 0 Å². The molecule has 0 spiro atoms. The number of carbonyl (C=O) groups is 2. The van der Waals surface area contributed by atoms with Gasteiger partial charge in [0.2, 0.25) is 0 Å². The van der Waals surface area contributed by atoms with Crippen LogP contribution >= 0.6 is 0 Å². The van der Waals surface area contributed by atoms with Crippen LogP contribution < -0.4 is 0 Å². The zero-order chi connectivity index (χ0) is 20.7. The number of carbonyl (C=O) groups excluding carboxylic acids is 2. The quantitative estimate of drug-likeness (QED) is 0.517. The fourth-order valence-corrected chi connectivity index (χ4v) is 6.59. The summed E-state index contributed by atoms with van der Waals surface area (Å²) in [5, 5.41) is 11.0. The van der Waals surface area contributed by atoms with Crippen LogP contribution in [0.1, 0.15) is 79.6 Å². The lowest BCUT2D eigenvalue weighted by Gasteiger charge is -2.42. The van der Waals surface area contributed by atoms with Gasteiger partial charge in [0.15, 0.2) is 0 Å². The maximum atomic E-state index is 12.6. The molecule has 0 amide bonds. The molecule has 0 aromatic carbocycles. The largest absolute Gasteiger partial charge is 0.389 e. The van der Waals surface area contributed by atoms with E-state index in [0.29, 0.717) is 23.3 Å². The SMILES string of the molecule is CC(C)=CCC[C@H](C)[C@H]1CC[C@]2(C)C[C@H]3[C@@H](C(=O)C[C@@]3(C)O)/C(C=O)=C\C[C@@H]12. The van der Waals surface area contributed by atoms with E-state index in [0.717, 1.165) is 32.0 Å². The molecular formula is C25H38O3. The summed E-state index contributed by atoms with van der Waals surface area (Å²) >= 11 is 0. The number of allylic oxidation sites excluding steroid dienone is 4. The molecule has 2 saturated carbocycles. The molecule has 3 aliphatic carbocycles. The van der Waals surface area contributed by atoms with Gasteiger partial charge in [0.05, 0.1) is 11.5 Å². The molecule has 1 N–H and O–H groups in total. The molecule has 2 fully saturated rings. The minimum atomic E-state index is -0.998. The van der Waals surface area contributed by atoms with Gasteiger partial charge in [-0.05, 0) is 88.0 Å². The summed E-state index contributed by atoms with van der Waals surface area (Å²) in [6.07, 6.45) is 11.9. The number of aldehydes is 1. The van der Waals surface area contributed by atoms with Gasteiger partial charge >= 0.3 is 0 Å². The molecule has 0 bridgehead atoms. The summed E-state index contributed by atoms with van der Waals surface area (Å²) in [6.45, 7) is 10.9. The fourth-order valence-electron chi connectivity index (χ4n) is 6.59. The third-order valence-corrected chi connectivity index (χ3v) is 8.24. The van der Waals surface area contributed by atoms with Crippen LogP contribution in [0.5, 0.6) is 0 Å². The number of Topliss-reactive ketones (excluding diaryl/α,β-unsaturated/α-hetero) is 1. The Balaban J connectivity index is 1.87. The molecule has 7 atom stereocenters. The monoisotopic (exact) mass is 386 g/mol. The van der Waals surface area contributed by atoms with Gasteiger partial charge in [-0.1, -0.05) is 31.6 Å². The second kappa shape index (κ2) is 7.89. The first-order valence-corrected chi connectivity index (χ1v) is 11.1. The van der Waals surface area contributed by atoms with Crippen molar-refractivity contribution < 1.29 is 14.7 Å². The maximum absolute atomic E-state index is 12.6. The van der Waals surface area contributed by atoms with Crippen LogP contribution in [-0.2, 0) is 9.59 Å². The zero-order valence-electron chi connectivity index (χ0n) is 18.3. The summed E-state index contributed by atoms with van der Waals surface area (Å²) in [5.41, 5.74) is 1.14. The van der Waals surface area contributed by atoms with E-state index in [-0.39, 0.29) is 23.5 Å².